The molecule has 3 rings (SSSR count). The number of hydrogen-bond acceptors (Lipinski definition) is 8. The van der Waals surface area contributed by atoms with E-state index in [2.05, 4.69) is 10.2 Å². The van der Waals surface area contributed by atoms with Gasteiger partial charge in [-0.2, -0.15) is 0 Å². The fourth-order valence-electron chi connectivity index (χ4n) is 4.06. The molecule has 1 aromatic carbocycles. The third-order valence-electron chi connectivity index (χ3n) is 5.93. The molecule has 0 bridgehead atoms. The number of nitrogens with one attached hydrogen (secondary N) is 2. The molecule has 0 aromatic heterocycles. The summed E-state index contributed by atoms with van der Waals surface area (Å²) in [5.74, 6) is -0.504. The Morgan fingerprint density at radius 2 is 2.00 bits per heavy atom. The second-order valence-electron chi connectivity index (χ2n) is 8.47. The van der Waals surface area contributed by atoms with Crippen molar-refractivity contribution >= 4 is 17.9 Å². The molecular formula is C22H34N6O5. The number of hydrogen-bond donors (Lipinski definition) is 5. The standard InChI is InChI=1S/C22H34N6O5/c23-18(21(29)30)12-15-3-5-16(6-4-15)32-14-17-13-28(22(31)33-17)19(20(24)25)2-1-9-27-10-7-26-8-11-27/h3-6,17-19,26H,1-2,7-14,23H2,(H3,24,25)(H,29,30). The van der Waals surface area contributed by atoms with Gasteiger partial charge in [-0.3, -0.25) is 15.1 Å². The van der Waals surface area contributed by atoms with Gasteiger partial charge in [-0.05, 0) is 43.5 Å². The van der Waals surface area contributed by atoms with E-state index in [-0.39, 0.29) is 18.9 Å². The highest BCUT2D eigenvalue weighted by atomic mass is 16.6. The van der Waals surface area contributed by atoms with E-state index < -0.39 is 30.3 Å². The Morgan fingerprint density at radius 1 is 1.30 bits per heavy atom. The van der Waals surface area contributed by atoms with Gasteiger partial charge >= 0.3 is 12.1 Å². The van der Waals surface area contributed by atoms with Crippen molar-refractivity contribution < 1.29 is 24.2 Å². The normalized spacial score (nSPS) is 20.8. The van der Waals surface area contributed by atoms with E-state index in [4.69, 9.17) is 31.5 Å². The molecule has 0 spiro atoms. The van der Waals surface area contributed by atoms with Crippen molar-refractivity contribution in [1.82, 2.24) is 15.1 Å². The maximum Gasteiger partial charge on any atom is 0.410 e. The zero-order valence-electron chi connectivity index (χ0n) is 18.7. The molecule has 182 valence electrons. The Hall–Kier alpha value is -2.89. The molecule has 2 aliphatic rings. The van der Waals surface area contributed by atoms with Crippen molar-refractivity contribution in [3.05, 3.63) is 29.8 Å². The highest BCUT2D eigenvalue weighted by Gasteiger charge is 2.37. The van der Waals surface area contributed by atoms with Crippen molar-refractivity contribution in [2.75, 3.05) is 45.9 Å². The number of carbonyl (C=O) groups is 2. The molecule has 0 aliphatic carbocycles. The van der Waals surface area contributed by atoms with Gasteiger partial charge in [-0.25, -0.2) is 4.79 Å². The number of aliphatic carboxylic acids is 1. The molecule has 11 nitrogen and oxygen atoms in total. The Kier molecular flexibility index (Phi) is 8.87. The predicted molar refractivity (Wildman–Crippen MR) is 122 cm³/mol. The van der Waals surface area contributed by atoms with Crippen molar-refractivity contribution in [2.24, 2.45) is 11.5 Å². The summed E-state index contributed by atoms with van der Waals surface area (Å²) in [5.41, 5.74) is 12.2. The monoisotopic (exact) mass is 462 g/mol. The average molecular weight is 463 g/mol. The number of cyclic esters (lactones) is 1. The van der Waals surface area contributed by atoms with Crippen LogP contribution in [0.5, 0.6) is 5.75 Å². The zero-order valence-corrected chi connectivity index (χ0v) is 18.7. The first-order chi connectivity index (χ1) is 15.8. The minimum absolute atomic E-state index is 0.0380. The maximum atomic E-state index is 12.4. The van der Waals surface area contributed by atoms with Crippen LogP contribution in [-0.4, -0.2) is 96.9 Å². The molecule has 3 atom stereocenters. The number of amides is 1. The fraction of sp³-hybridized carbons (Fsp3) is 0.591. The summed E-state index contributed by atoms with van der Waals surface area (Å²) in [6, 6.07) is 5.54. The zero-order chi connectivity index (χ0) is 23.8. The van der Waals surface area contributed by atoms with E-state index in [1.54, 1.807) is 24.3 Å². The summed E-state index contributed by atoms with van der Waals surface area (Å²) in [5, 5.41) is 20.2. The molecule has 1 amide bonds. The molecule has 0 saturated carbocycles. The number of ether oxygens (including phenoxy) is 2. The number of piperazine rings is 1. The van der Waals surface area contributed by atoms with Gasteiger partial charge in [-0.15, -0.1) is 0 Å². The van der Waals surface area contributed by atoms with Gasteiger partial charge in [0.15, 0.2) is 6.10 Å². The molecular weight excluding hydrogens is 428 g/mol. The van der Waals surface area contributed by atoms with E-state index in [1.165, 1.54) is 4.90 Å². The molecule has 2 heterocycles. The number of amidine groups is 1. The number of carbonyl (C=O) groups excluding carboxylic acids is 1. The third kappa shape index (κ3) is 7.31. The largest absolute Gasteiger partial charge is 0.490 e. The van der Waals surface area contributed by atoms with E-state index in [0.29, 0.717) is 18.7 Å². The van der Waals surface area contributed by atoms with Crippen LogP contribution in [0.3, 0.4) is 0 Å². The molecule has 2 fully saturated rings. The van der Waals surface area contributed by atoms with E-state index >= 15 is 0 Å². The van der Waals surface area contributed by atoms with Crippen LogP contribution in [0.15, 0.2) is 24.3 Å². The van der Waals surface area contributed by atoms with Gasteiger partial charge in [0.25, 0.3) is 0 Å². The Labute approximate surface area is 193 Å². The van der Waals surface area contributed by atoms with Gasteiger partial charge in [-0.1, -0.05) is 12.1 Å². The number of rotatable bonds is 12. The Morgan fingerprint density at radius 3 is 2.64 bits per heavy atom. The van der Waals surface area contributed by atoms with Gasteiger partial charge in [0.1, 0.15) is 24.2 Å². The summed E-state index contributed by atoms with van der Waals surface area (Å²) in [6.07, 6.45) is 0.734. The van der Waals surface area contributed by atoms with Crippen LogP contribution in [0.2, 0.25) is 0 Å². The summed E-state index contributed by atoms with van der Waals surface area (Å²) in [4.78, 5) is 27.2. The van der Waals surface area contributed by atoms with Crippen molar-refractivity contribution in [3.8, 4) is 5.75 Å². The Balaban J connectivity index is 1.45. The minimum Gasteiger partial charge on any atom is -0.490 e. The first-order valence-electron chi connectivity index (χ1n) is 11.3. The fourth-order valence-corrected chi connectivity index (χ4v) is 4.06. The highest BCUT2D eigenvalue weighted by molar-refractivity contribution is 5.87. The van der Waals surface area contributed by atoms with Crippen LogP contribution < -0.4 is 21.5 Å². The van der Waals surface area contributed by atoms with Gasteiger partial charge < -0.3 is 36.3 Å². The number of carboxylic acids is 1. The lowest BCUT2D eigenvalue weighted by atomic mass is 10.1. The van der Waals surface area contributed by atoms with E-state index in [0.717, 1.165) is 44.7 Å². The van der Waals surface area contributed by atoms with E-state index in [9.17, 15) is 9.59 Å². The second-order valence-corrected chi connectivity index (χ2v) is 8.47. The highest BCUT2D eigenvalue weighted by Crippen LogP contribution is 2.20. The van der Waals surface area contributed by atoms with Gasteiger partial charge in [0.05, 0.1) is 12.6 Å². The van der Waals surface area contributed by atoms with Crippen molar-refractivity contribution in [3.63, 3.8) is 0 Å². The summed E-state index contributed by atoms with van der Waals surface area (Å²) < 4.78 is 11.2. The molecule has 3 unspecified atom stereocenters. The van der Waals surface area contributed by atoms with E-state index in [1.807, 2.05) is 0 Å². The average Bonchev–Trinajstić information content (AvgIpc) is 3.16. The SMILES string of the molecule is N=C(N)C(CCCN1CCNCC1)N1CC(COc2ccc(CC(N)C(=O)O)cc2)OC1=O. The first kappa shape index (κ1) is 24.7. The molecule has 0 radical (unpaired) electrons. The lowest BCUT2D eigenvalue weighted by molar-refractivity contribution is -0.138. The van der Waals surface area contributed by atoms with Crippen LogP contribution in [0.1, 0.15) is 18.4 Å². The van der Waals surface area contributed by atoms with Crippen LogP contribution >= 0.6 is 0 Å². The minimum atomic E-state index is -1.05. The lowest BCUT2D eigenvalue weighted by Crippen LogP contribution is -2.47. The van der Waals surface area contributed by atoms with Crippen molar-refractivity contribution in [1.29, 1.82) is 5.41 Å². The lowest BCUT2D eigenvalue weighted by Gasteiger charge is -2.29. The smallest absolute Gasteiger partial charge is 0.410 e. The quantitative estimate of drug-likeness (QED) is 0.209. The third-order valence-corrected chi connectivity index (χ3v) is 5.93. The second kappa shape index (κ2) is 11.8. The van der Waals surface area contributed by atoms with Gasteiger partial charge in [0, 0.05) is 26.2 Å². The number of benzene rings is 1. The van der Waals surface area contributed by atoms with Crippen LogP contribution in [0.4, 0.5) is 4.79 Å². The topological polar surface area (TPSA) is 167 Å². The molecule has 33 heavy (non-hydrogen) atoms. The van der Waals surface area contributed by atoms with Crippen molar-refractivity contribution in [2.45, 2.75) is 37.5 Å². The molecule has 11 heteroatoms. The summed E-state index contributed by atoms with van der Waals surface area (Å²) in [6.45, 7) is 5.36. The molecule has 2 saturated heterocycles. The molecule has 1 aromatic rings. The van der Waals surface area contributed by atoms with Gasteiger partial charge in [0.2, 0.25) is 0 Å². The number of carboxylic acid groups (broad SMARTS) is 1. The first-order valence-corrected chi connectivity index (χ1v) is 11.3. The van der Waals surface area contributed by atoms with Crippen LogP contribution in [0.25, 0.3) is 0 Å². The molecule has 7 N–H and O–H groups in total. The number of nitrogens with two attached hydrogens (primary N) is 2. The Bertz CT molecular complexity index is 814. The number of nitrogens with zero attached hydrogens (tertiary/aromatic N) is 2. The molecule has 2 aliphatic heterocycles. The van der Waals surface area contributed by atoms with Crippen LogP contribution in [-0.2, 0) is 16.0 Å². The maximum absolute atomic E-state index is 12.4. The van der Waals surface area contributed by atoms with Crippen LogP contribution in [0, 0.1) is 5.41 Å². The summed E-state index contributed by atoms with van der Waals surface area (Å²) in [7, 11) is 0. The summed E-state index contributed by atoms with van der Waals surface area (Å²) >= 11 is 0. The predicted octanol–water partition coefficient (Wildman–Crippen LogP) is -0.169.